The van der Waals surface area contributed by atoms with E-state index in [0.29, 0.717) is 12.7 Å². The fourth-order valence-corrected chi connectivity index (χ4v) is 2.67. The molecule has 1 aromatic rings. The van der Waals surface area contributed by atoms with Crippen LogP contribution in [0.2, 0.25) is 0 Å². The average Bonchev–Trinajstić information content (AvgIpc) is 2.90. The SMILES string of the molecule is Cc1ccc(C(C)(C)C)c(OCCNCC2CCCO2)c1. The maximum atomic E-state index is 6.01. The van der Waals surface area contributed by atoms with Crippen LogP contribution in [-0.4, -0.2) is 32.4 Å². The predicted molar refractivity (Wildman–Crippen MR) is 87.2 cm³/mol. The Morgan fingerprint density at radius 2 is 2.14 bits per heavy atom. The average molecular weight is 291 g/mol. The monoisotopic (exact) mass is 291 g/mol. The van der Waals surface area contributed by atoms with Gasteiger partial charge in [0.1, 0.15) is 12.4 Å². The Kier molecular flexibility index (Phi) is 5.65. The van der Waals surface area contributed by atoms with Crippen LogP contribution < -0.4 is 10.1 Å². The molecule has 3 nitrogen and oxygen atoms in total. The van der Waals surface area contributed by atoms with Gasteiger partial charge in [-0.2, -0.15) is 0 Å². The Morgan fingerprint density at radius 1 is 1.33 bits per heavy atom. The molecule has 0 amide bonds. The highest BCUT2D eigenvalue weighted by Crippen LogP contribution is 2.31. The van der Waals surface area contributed by atoms with Crippen LogP contribution in [-0.2, 0) is 10.2 Å². The van der Waals surface area contributed by atoms with E-state index in [1.807, 2.05) is 0 Å². The van der Waals surface area contributed by atoms with Crippen molar-refractivity contribution in [3.63, 3.8) is 0 Å². The first-order valence-electron chi connectivity index (χ1n) is 8.03. The summed E-state index contributed by atoms with van der Waals surface area (Å²) in [5.74, 6) is 1.02. The van der Waals surface area contributed by atoms with Gasteiger partial charge in [-0.3, -0.25) is 0 Å². The summed E-state index contributed by atoms with van der Waals surface area (Å²) in [6.45, 7) is 12.2. The van der Waals surface area contributed by atoms with Gasteiger partial charge in [0.05, 0.1) is 6.10 Å². The van der Waals surface area contributed by atoms with Crippen LogP contribution in [0.3, 0.4) is 0 Å². The van der Waals surface area contributed by atoms with Crippen molar-refractivity contribution in [2.45, 2.75) is 52.1 Å². The van der Waals surface area contributed by atoms with Crippen LogP contribution in [0.5, 0.6) is 5.75 Å². The Balaban J connectivity index is 1.80. The second-order valence-electron chi connectivity index (χ2n) is 6.94. The highest BCUT2D eigenvalue weighted by atomic mass is 16.5. The van der Waals surface area contributed by atoms with Gasteiger partial charge < -0.3 is 14.8 Å². The zero-order valence-corrected chi connectivity index (χ0v) is 13.9. The lowest BCUT2D eigenvalue weighted by atomic mass is 9.86. The smallest absolute Gasteiger partial charge is 0.123 e. The van der Waals surface area contributed by atoms with Crippen LogP contribution >= 0.6 is 0 Å². The molecule has 0 radical (unpaired) electrons. The summed E-state index contributed by atoms with van der Waals surface area (Å²) in [4.78, 5) is 0. The number of rotatable bonds is 6. The van der Waals surface area contributed by atoms with E-state index in [4.69, 9.17) is 9.47 Å². The highest BCUT2D eigenvalue weighted by molar-refractivity contribution is 5.41. The third kappa shape index (κ3) is 5.01. The molecule has 0 aromatic heterocycles. The van der Waals surface area contributed by atoms with Gasteiger partial charge in [0.25, 0.3) is 0 Å². The summed E-state index contributed by atoms with van der Waals surface area (Å²) >= 11 is 0. The maximum Gasteiger partial charge on any atom is 0.123 e. The summed E-state index contributed by atoms with van der Waals surface area (Å²) in [7, 11) is 0. The quantitative estimate of drug-likeness (QED) is 0.814. The van der Waals surface area contributed by atoms with Gasteiger partial charge in [-0.05, 0) is 42.4 Å². The zero-order chi connectivity index (χ0) is 15.3. The van der Waals surface area contributed by atoms with Crippen molar-refractivity contribution in [1.82, 2.24) is 5.32 Å². The van der Waals surface area contributed by atoms with Crippen LogP contribution in [0.15, 0.2) is 18.2 Å². The van der Waals surface area contributed by atoms with Crippen molar-refractivity contribution < 1.29 is 9.47 Å². The first kappa shape index (κ1) is 16.3. The molecule has 1 atom stereocenters. The third-order valence-electron chi connectivity index (χ3n) is 3.88. The zero-order valence-electron chi connectivity index (χ0n) is 13.9. The van der Waals surface area contributed by atoms with Gasteiger partial charge in [0.15, 0.2) is 0 Å². The van der Waals surface area contributed by atoms with E-state index in [2.05, 4.69) is 51.2 Å². The lowest BCUT2D eigenvalue weighted by Gasteiger charge is -2.23. The molecule has 1 fully saturated rings. The minimum atomic E-state index is 0.105. The molecule has 1 saturated heterocycles. The standard InChI is InChI=1S/C18H29NO2/c1-14-7-8-16(18(2,3)4)17(12-14)21-11-9-19-13-15-6-5-10-20-15/h7-8,12,15,19H,5-6,9-11,13H2,1-4H3. The lowest BCUT2D eigenvalue weighted by Crippen LogP contribution is -2.30. The van der Waals surface area contributed by atoms with E-state index >= 15 is 0 Å². The molecule has 1 aliphatic heterocycles. The van der Waals surface area contributed by atoms with Crippen molar-refractivity contribution in [3.05, 3.63) is 29.3 Å². The minimum absolute atomic E-state index is 0.105. The molecule has 0 saturated carbocycles. The van der Waals surface area contributed by atoms with Crippen LogP contribution in [0, 0.1) is 6.92 Å². The summed E-state index contributed by atoms with van der Waals surface area (Å²) in [5, 5.41) is 3.42. The molecule has 118 valence electrons. The molecule has 3 heteroatoms. The summed E-state index contributed by atoms with van der Waals surface area (Å²) in [6, 6.07) is 6.48. The molecular formula is C18H29NO2. The predicted octanol–water partition coefficient (Wildman–Crippen LogP) is 3.44. The van der Waals surface area contributed by atoms with Crippen molar-refractivity contribution in [1.29, 1.82) is 0 Å². The topological polar surface area (TPSA) is 30.5 Å². The maximum absolute atomic E-state index is 6.01. The molecule has 21 heavy (non-hydrogen) atoms. The number of hydrogen-bond acceptors (Lipinski definition) is 3. The molecule has 1 unspecified atom stereocenters. The number of ether oxygens (including phenoxy) is 2. The van der Waals surface area contributed by atoms with Gasteiger partial charge in [0, 0.05) is 19.7 Å². The molecular weight excluding hydrogens is 262 g/mol. The largest absolute Gasteiger partial charge is 0.492 e. The second-order valence-corrected chi connectivity index (χ2v) is 6.94. The molecule has 2 rings (SSSR count). The van der Waals surface area contributed by atoms with Crippen LogP contribution in [0.25, 0.3) is 0 Å². The van der Waals surface area contributed by atoms with Crippen molar-refractivity contribution in [3.8, 4) is 5.75 Å². The van der Waals surface area contributed by atoms with E-state index in [9.17, 15) is 0 Å². The molecule has 1 heterocycles. The number of aryl methyl sites for hydroxylation is 1. The number of benzene rings is 1. The van der Waals surface area contributed by atoms with Gasteiger partial charge in [-0.15, -0.1) is 0 Å². The Hall–Kier alpha value is -1.06. The van der Waals surface area contributed by atoms with Gasteiger partial charge in [-0.1, -0.05) is 32.9 Å². The normalized spacial score (nSPS) is 19.0. The summed E-state index contributed by atoms with van der Waals surface area (Å²) in [6.07, 6.45) is 2.77. The molecule has 0 aliphatic carbocycles. The fourth-order valence-electron chi connectivity index (χ4n) is 2.67. The van der Waals surface area contributed by atoms with Gasteiger partial charge in [-0.25, -0.2) is 0 Å². The molecule has 1 aliphatic rings. The first-order valence-corrected chi connectivity index (χ1v) is 8.03. The Labute approximate surface area is 129 Å². The number of nitrogens with one attached hydrogen (secondary N) is 1. The first-order chi connectivity index (χ1) is 9.97. The van der Waals surface area contributed by atoms with Crippen LogP contribution in [0.4, 0.5) is 0 Å². The van der Waals surface area contributed by atoms with Gasteiger partial charge in [0.2, 0.25) is 0 Å². The molecule has 0 spiro atoms. The fraction of sp³-hybridized carbons (Fsp3) is 0.667. The lowest BCUT2D eigenvalue weighted by molar-refractivity contribution is 0.109. The van der Waals surface area contributed by atoms with E-state index in [1.54, 1.807) is 0 Å². The van der Waals surface area contributed by atoms with E-state index in [0.717, 1.165) is 25.4 Å². The van der Waals surface area contributed by atoms with Crippen molar-refractivity contribution in [2.24, 2.45) is 0 Å². The van der Waals surface area contributed by atoms with E-state index in [-0.39, 0.29) is 5.41 Å². The van der Waals surface area contributed by atoms with Gasteiger partial charge >= 0.3 is 0 Å². The molecule has 0 bridgehead atoms. The summed E-state index contributed by atoms with van der Waals surface area (Å²) < 4.78 is 11.6. The number of hydrogen-bond donors (Lipinski definition) is 1. The highest BCUT2D eigenvalue weighted by Gasteiger charge is 2.19. The van der Waals surface area contributed by atoms with Crippen LogP contribution in [0.1, 0.15) is 44.7 Å². The van der Waals surface area contributed by atoms with E-state index in [1.165, 1.54) is 24.0 Å². The molecule has 1 aromatic carbocycles. The van der Waals surface area contributed by atoms with Crippen molar-refractivity contribution in [2.75, 3.05) is 26.3 Å². The third-order valence-corrected chi connectivity index (χ3v) is 3.88. The second kappa shape index (κ2) is 7.28. The summed E-state index contributed by atoms with van der Waals surface area (Å²) in [5.41, 5.74) is 2.62. The minimum Gasteiger partial charge on any atom is -0.492 e. The Morgan fingerprint density at radius 3 is 2.81 bits per heavy atom. The van der Waals surface area contributed by atoms with Crippen molar-refractivity contribution >= 4 is 0 Å². The molecule has 1 N–H and O–H groups in total. The van der Waals surface area contributed by atoms with E-state index < -0.39 is 0 Å². The Bertz CT molecular complexity index is 445.